The molecule has 6 nitrogen and oxygen atoms in total. The van der Waals surface area contributed by atoms with Crippen molar-refractivity contribution in [2.45, 2.75) is 51.2 Å². The average Bonchev–Trinajstić information content (AvgIpc) is 2.87. The van der Waals surface area contributed by atoms with Gasteiger partial charge in [-0.3, -0.25) is 14.2 Å². The predicted octanol–water partition coefficient (Wildman–Crippen LogP) is 1.45. The molecular formula is C19H24N4O2. The number of carbonyl (C=O) groups excluding carboxylic acids is 1. The monoisotopic (exact) mass is 340 g/mol. The number of nitrogens with one attached hydrogen (secondary N) is 1. The first-order valence-electron chi connectivity index (χ1n) is 9.12. The fourth-order valence-electron chi connectivity index (χ4n) is 4.23. The summed E-state index contributed by atoms with van der Waals surface area (Å²) in [5, 5.41) is 4.03. The number of para-hydroxylation sites is 1. The number of hydrogen-bond donors (Lipinski definition) is 1. The molecule has 25 heavy (non-hydrogen) atoms. The molecule has 2 bridgehead atoms. The van der Waals surface area contributed by atoms with Gasteiger partial charge in [-0.2, -0.15) is 0 Å². The fraction of sp³-hybridized carbons (Fsp3) is 0.526. The largest absolute Gasteiger partial charge is 0.335 e. The lowest BCUT2D eigenvalue weighted by Crippen LogP contribution is -2.43. The lowest BCUT2D eigenvalue weighted by atomic mass is 10.1. The van der Waals surface area contributed by atoms with Crippen LogP contribution < -0.4 is 10.9 Å². The van der Waals surface area contributed by atoms with Gasteiger partial charge in [0.1, 0.15) is 0 Å². The normalized spacial score (nSPS) is 23.0. The molecule has 2 fully saturated rings. The molecule has 4 rings (SSSR count). The van der Waals surface area contributed by atoms with Crippen LogP contribution in [0, 0.1) is 6.92 Å². The minimum absolute atomic E-state index is 0.0676. The van der Waals surface area contributed by atoms with Gasteiger partial charge in [0.2, 0.25) is 5.91 Å². The Bertz CT molecular complexity index is 846. The summed E-state index contributed by atoms with van der Waals surface area (Å²) in [7, 11) is 0. The molecule has 1 aromatic carbocycles. The molecule has 0 spiro atoms. The van der Waals surface area contributed by atoms with Crippen LogP contribution in [-0.4, -0.2) is 45.5 Å². The lowest BCUT2D eigenvalue weighted by molar-refractivity contribution is -0.134. The summed E-state index contributed by atoms with van der Waals surface area (Å²) in [4.78, 5) is 31.9. The van der Waals surface area contributed by atoms with Crippen molar-refractivity contribution in [3.8, 4) is 0 Å². The van der Waals surface area contributed by atoms with Gasteiger partial charge in [0.05, 0.1) is 17.2 Å². The quantitative estimate of drug-likeness (QED) is 0.918. The zero-order chi connectivity index (χ0) is 17.4. The van der Waals surface area contributed by atoms with Crippen LogP contribution in [0.4, 0.5) is 0 Å². The van der Waals surface area contributed by atoms with Gasteiger partial charge in [-0.25, -0.2) is 4.98 Å². The average molecular weight is 340 g/mol. The van der Waals surface area contributed by atoms with Crippen molar-refractivity contribution >= 4 is 16.8 Å². The van der Waals surface area contributed by atoms with Crippen LogP contribution in [0.5, 0.6) is 0 Å². The van der Waals surface area contributed by atoms with Crippen molar-refractivity contribution in [3.63, 3.8) is 0 Å². The first-order valence-corrected chi connectivity index (χ1v) is 9.12. The highest BCUT2D eigenvalue weighted by molar-refractivity contribution is 5.80. The second kappa shape index (κ2) is 6.59. The highest BCUT2D eigenvalue weighted by Crippen LogP contribution is 2.28. The van der Waals surface area contributed by atoms with Crippen LogP contribution in [0.15, 0.2) is 29.3 Å². The Morgan fingerprint density at radius 1 is 1.28 bits per heavy atom. The summed E-state index contributed by atoms with van der Waals surface area (Å²) in [5.74, 6) is 0.160. The summed E-state index contributed by atoms with van der Waals surface area (Å²) in [6.45, 7) is 4.21. The molecule has 0 saturated carbocycles. The number of nitrogens with zero attached hydrogens (tertiary/aromatic N) is 3. The van der Waals surface area contributed by atoms with Gasteiger partial charge < -0.3 is 10.2 Å². The van der Waals surface area contributed by atoms with Crippen LogP contribution in [-0.2, 0) is 11.3 Å². The smallest absolute Gasteiger partial charge is 0.261 e. The summed E-state index contributed by atoms with van der Waals surface area (Å²) < 4.78 is 1.57. The van der Waals surface area contributed by atoms with Gasteiger partial charge in [-0.05, 0) is 44.4 Å². The topological polar surface area (TPSA) is 67.2 Å². The summed E-state index contributed by atoms with van der Waals surface area (Å²) >= 11 is 0. The molecule has 2 aliphatic rings. The van der Waals surface area contributed by atoms with E-state index in [-0.39, 0.29) is 11.5 Å². The molecule has 3 heterocycles. The highest BCUT2D eigenvalue weighted by atomic mass is 16.2. The van der Waals surface area contributed by atoms with Gasteiger partial charge in [0.25, 0.3) is 5.56 Å². The van der Waals surface area contributed by atoms with Crippen LogP contribution in [0.2, 0.25) is 0 Å². The van der Waals surface area contributed by atoms with Gasteiger partial charge in [0, 0.05) is 31.6 Å². The molecule has 2 aromatic rings. The molecule has 132 valence electrons. The number of aryl methyl sites for hydroxylation is 2. The number of amides is 1. The Kier molecular flexibility index (Phi) is 4.29. The van der Waals surface area contributed by atoms with Crippen molar-refractivity contribution in [3.05, 3.63) is 40.4 Å². The van der Waals surface area contributed by atoms with E-state index in [1.165, 1.54) is 0 Å². The summed E-state index contributed by atoms with van der Waals surface area (Å²) in [6, 6.07) is 6.30. The Hall–Kier alpha value is -2.21. The van der Waals surface area contributed by atoms with E-state index in [0.29, 0.717) is 30.4 Å². The molecule has 6 heteroatoms. The first kappa shape index (κ1) is 16.3. The Labute approximate surface area is 146 Å². The number of carbonyl (C=O) groups is 1. The highest BCUT2D eigenvalue weighted by Gasteiger charge is 2.37. The summed E-state index contributed by atoms with van der Waals surface area (Å²) in [5.41, 5.74) is 1.67. The standard InChI is InChI=1S/C19H24N4O2/c1-13-3-2-4-16-18(13)21-12-22(19(16)25)10-8-17(24)23-14-5-6-15(23)11-20-9-7-14/h2-4,12,14-15,20H,5-11H2,1H3. The Morgan fingerprint density at radius 2 is 2.12 bits per heavy atom. The van der Waals surface area contributed by atoms with Gasteiger partial charge in [-0.1, -0.05) is 12.1 Å². The van der Waals surface area contributed by atoms with E-state index in [0.717, 1.165) is 43.4 Å². The van der Waals surface area contributed by atoms with Crippen molar-refractivity contribution in [2.24, 2.45) is 0 Å². The zero-order valence-corrected chi connectivity index (χ0v) is 14.6. The first-order chi connectivity index (χ1) is 12.1. The number of benzene rings is 1. The van der Waals surface area contributed by atoms with Crippen molar-refractivity contribution in [2.75, 3.05) is 13.1 Å². The summed E-state index contributed by atoms with van der Waals surface area (Å²) in [6.07, 6.45) is 5.14. The SMILES string of the molecule is Cc1cccc2c(=O)n(CCC(=O)N3C4CCNCC3CC4)cnc12. The van der Waals surface area contributed by atoms with Crippen LogP contribution in [0.1, 0.15) is 31.2 Å². The Morgan fingerprint density at radius 3 is 3.00 bits per heavy atom. The fourth-order valence-corrected chi connectivity index (χ4v) is 4.23. The van der Waals surface area contributed by atoms with Crippen molar-refractivity contribution in [1.82, 2.24) is 19.8 Å². The van der Waals surface area contributed by atoms with E-state index in [9.17, 15) is 9.59 Å². The molecule has 0 radical (unpaired) electrons. The molecule has 1 N–H and O–H groups in total. The third-order valence-electron chi connectivity index (χ3n) is 5.56. The third kappa shape index (κ3) is 2.95. The van der Waals surface area contributed by atoms with Gasteiger partial charge in [0.15, 0.2) is 0 Å². The second-order valence-electron chi connectivity index (χ2n) is 7.14. The van der Waals surface area contributed by atoms with Crippen molar-refractivity contribution < 1.29 is 4.79 Å². The second-order valence-corrected chi connectivity index (χ2v) is 7.14. The van der Waals surface area contributed by atoms with Gasteiger partial charge >= 0.3 is 0 Å². The maximum Gasteiger partial charge on any atom is 0.261 e. The van der Waals surface area contributed by atoms with E-state index in [1.807, 2.05) is 19.1 Å². The zero-order valence-electron chi connectivity index (χ0n) is 14.6. The van der Waals surface area contributed by atoms with E-state index < -0.39 is 0 Å². The van der Waals surface area contributed by atoms with E-state index >= 15 is 0 Å². The number of rotatable bonds is 3. The third-order valence-corrected chi connectivity index (χ3v) is 5.56. The van der Waals surface area contributed by atoms with Crippen LogP contribution in [0.3, 0.4) is 0 Å². The molecule has 2 atom stereocenters. The number of fused-ring (bicyclic) bond motifs is 3. The van der Waals surface area contributed by atoms with E-state index in [4.69, 9.17) is 0 Å². The predicted molar refractivity (Wildman–Crippen MR) is 96.5 cm³/mol. The number of aromatic nitrogens is 2. The lowest BCUT2D eigenvalue weighted by Gasteiger charge is -2.28. The molecule has 0 aliphatic carbocycles. The van der Waals surface area contributed by atoms with Gasteiger partial charge in [-0.15, -0.1) is 0 Å². The van der Waals surface area contributed by atoms with E-state index in [2.05, 4.69) is 15.2 Å². The molecule has 2 unspecified atom stereocenters. The Balaban J connectivity index is 1.52. The van der Waals surface area contributed by atoms with E-state index in [1.54, 1.807) is 17.0 Å². The minimum atomic E-state index is -0.0676. The molecule has 2 saturated heterocycles. The van der Waals surface area contributed by atoms with Crippen LogP contribution in [0.25, 0.3) is 10.9 Å². The van der Waals surface area contributed by atoms with Crippen molar-refractivity contribution in [1.29, 1.82) is 0 Å². The molecule has 1 aromatic heterocycles. The maximum absolute atomic E-state index is 12.8. The maximum atomic E-state index is 12.8. The number of hydrogen-bond acceptors (Lipinski definition) is 4. The molecule has 2 aliphatic heterocycles. The van der Waals surface area contributed by atoms with Crippen LogP contribution >= 0.6 is 0 Å². The molecular weight excluding hydrogens is 316 g/mol. The molecule has 1 amide bonds. The minimum Gasteiger partial charge on any atom is -0.335 e.